The Labute approximate surface area is 135 Å². The predicted molar refractivity (Wildman–Crippen MR) is 91.7 cm³/mol. The Bertz CT molecular complexity index is 559. The Hall–Kier alpha value is -0.910. The van der Waals surface area contributed by atoms with Crippen LogP contribution in [0, 0.1) is 0 Å². The molecule has 1 aliphatic heterocycles. The molecule has 0 unspecified atom stereocenters. The number of piperazine rings is 1. The first-order valence-electron chi connectivity index (χ1n) is 8.13. The van der Waals surface area contributed by atoms with Gasteiger partial charge in [-0.05, 0) is 26.0 Å². The van der Waals surface area contributed by atoms with Gasteiger partial charge in [0, 0.05) is 31.7 Å². The molecule has 0 spiro atoms. The van der Waals surface area contributed by atoms with Crippen molar-refractivity contribution in [1.29, 1.82) is 0 Å². The summed E-state index contributed by atoms with van der Waals surface area (Å²) >= 11 is 0. The molecule has 0 radical (unpaired) electrons. The predicted octanol–water partition coefficient (Wildman–Crippen LogP) is 2.02. The fourth-order valence-electron chi connectivity index (χ4n) is 3.18. The van der Waals surface area contributed by atoms with Crippen LogP contribution in [0.5, 0.6) is 0 Å². The van der Waals surface area contributed by atoms with Gasteiger partial charge in [-0.3, -0.25) is 9.80 Å². The highest BCUT2D eigenvalue weighted by atomic mass is 32.2. The monoisotopic (exact) mass is 324 g/mol. The first-order valence-corrected chi connectivity index (χ1v) is 9.96. The van der Waals surface area contributed by atoms with Crippen LogP contribution in [0.15, 0.2) is 30.3 Å². The van der Waals surface area contributed by atoms with Gasteiger partial charge in [0.05, 0.1) is 11.5 Å². The van der Waals surface area contributed by atoms with Crippen LogP contribution in [-0.4, -0.2) is 62.2 Å². The van der Waals surface area contributed by atoms with E-state index in [1.54, 1.807) is 0 Å². The summed E-state index contributed by atoms with van der Waals surface area (Å²) in [7, 11) is -3.05. The van der Waals surface area contributed by atoms with Gasteiger partial charge in [0.15, 0.2) is 9.84 Å². The van der Waals surface area contributed by atoms with Crippen molar-refractivity contribution in [3.8, 4) is 0 Å². The molecule has 1 aromatic rings. The fraction of sp³-hybridized carbons (Fsp3) is 0.647. The van der Waals surface area contributed by atoms with Gasteiger partial charge in [-0.1, -0.05) is 37.3 Å². The highest BCUT2D eigenvalue weighted by molar-refractivity contribution is 7.90. The molecular formula is C17H28N2O2S. The third kappa shape index (κ3) is 4.80. The molecule has 1 saturated heterocycles. The van der Waals surface area contributed by atoms with Crippen LogP contribution < -0.4 is 0 Å². The Kier molecular flexibility index (Phi) is 6.01. The van der Waals surface area contributed by atoms with Crippen LogP contribution in [-0.2, 0) is 15.6 Å². The van der Waals surface area contributed by atoms with E-state index >= 15 is 0 Å². The fourth-order valence-corrected chi connectivity index (χ4v) is 4.54. The minimum atomic E-state index is -3.05. The zero-order valence-electron chi connectivity index (χ0n) is 13.9. The second kappa shape index (κ2) is 7.57. The van der Waals surface area contributed by atoms with Crippen LogP contribution in [0.1, 0.15) is 26.3 Å². The topological polar surface area (TPSA) is 40.6 Å². The smallest absolute Gasteiger partial charge is 0.155 e. The van der Waals surface area contributed by atoms with E-state index in [0.29, 0.717) is 18.6 Å². The van der Waals surface area contributed by atoms with E-state index in [2.05, 4.69) is 30.6 Å². The molecule has 1 fully saturated rings. The molecule has 0 saturated carbocycles. The average molecular weight is 324 g/mol. The third-order valence-electron chi connectivity index (χ3n) is 4.57. The molecule has 2 rings (SSSR count). The van der Waals surface area contributed by atoms with Crippen molar-refractivity contribution in [2.24, 2.45) is 0 Å². The second-order valence-electron chi connectivity index (χ2n) is 6.36. The van der Waals surface area contributed by atoms with E-state index in [-0.39, 0.29) is 11.5 Å². The number of nitrogens with zero attached hydrogens (tertiary/aromatic N) is 2. The van der Waals surface area contributed by atoms with E-state index in [4.69, 9.17) is 0 Å². The molecule has 1 aromatic carbocycles. The lowest BCUT2D eigenvalue weighted by Gasteiger charge is -2.43. The summed E-state index contributed by atoms with van der Waals surface area (Å²) in [6.45, 7) is 10.3. The lowest BCUT2D eigenvalue weighted by molar-refractivity contribution is 0.0505. The molecule has 4 nitrogen and oxygen atoms in total. The van der Waals surface area contributed by atoms with Gasteiger partial charge >= 0.3 is 0 Å². The first kappa shape index (κ1) is 17.4. The number of hydrogen-bond donors (Lipinski definition) is 0. The number of hydrogen-bond acceptors (Lipinski definition) is 4. The summed E-state index contributed by atoms with van der Waals surface area (Å²) in [5, 5.41) is 0. The summed E-state index contributed by atoms with van der Waals surface area (Å²) in [4.78, 5) is 4.78. The number of likely N-dealkylation sites (N-methyl/N-ethyl adjacent to an activating group) is 1. The van der Waals surface area contributed by atoms with E-state index < -0.39 is 9.84 Å². The van der Waals surface area contributed by atoms with Crippen molar-refractivity contribution >= 4 is 9.84 Å². The Balaban J connectivity index is 1.89. The van der Waals surface area contributed by atoms with Gasteiger partial charge in [0.2, 0.25) is 0 Å². The maximum absolute atomic E-state index is 12.3. The molecule has 0 amide bonds. The summed E-state index contributed by atoms with van der Waals surface area (Å²) in [6, 6.07) is 10.4. The van der Waals surface area contributed by atoms with Crippen molar-refractivity contribution < 1.29 is 8.42 Å². The van der Waals surface area contributed by atoms with Crippen LogP contribution in [0.4, 0.5) is 0 Å². The number of sulfone groups is 1. The van der Waals surface area contributed by atoms with Gasteiger partial charge in [-0.15, -0.1) is 0 Å². The van der Waals surface area contributed by atoms with Gasteiger partial charge in [-0.2, -0.15) is 0 Å². The van der Waals surface area contributed by atoms with Crippen LogP contribution in [0.25, 0.3) is 0 Å². The van der Waals surface area contributed by atoms with Crippen LogP contribution in [0.2, 0.25) is 0 Å². The van der Waals surface area contributed by atoms with Crippen molar-refractivity contribution in [2.75, 3.05) is 31.9 Å². The minimum absolute atomic E-state index is 0.146. The van der Waals surface area contributed by atoms with Gasteiger partial charge in [-0.25, -0.2) is 8.42 Å². The molecule has 0 aromatic heterocycles. The Morgan fingerprint density at radius 2 is 1.64 bits per heavy atom. The highest BCUT2D eigenvalue weighted by Gasteiger charge is 2.28. The largest absolute Gasteiger partial charge is 0.298 e. The molecule has 22 heavy (non-hydrogen) atoms. The Morgan fingerprint density at radius 1 is 1.05 bits per heavy atom. The molecule has 124 valence electrons. The van der Waals surface area contributed by atoms with Gasteiger partial charge in [0.25, 0.3) is 0 Å². The SMILES string of the molecule is CCN1C[C@@H](C)N(CCS(=O)(=O)Cc2ccccc2)C[C@H]1C. The van der Waals surface area contributed by atoms with Crippen molar-refractivity contribution in [1.82, 2.24) is 9.80 Å². The number of benzene rings is 1. The maximum Gasteiger partial charge on any atom is 0.155 e. The minimum Gasteiger partial charge on any atom is -0.298 e. The first-order chi connectivity index (χ1) is 10.4. The lowest BCUT2D eigenvalue weighted by Crippen LogP contribution is -2.56. The molecular weight excluding hydrogens is 296 g/mol. The molecule has 1 aliphatic rings. The molecule has 0 N–H and O–H groups in total. The lowest BCUT2D eigenvalue weighted by atomic mass is 10.1. The summed E-state index contributed by atoms with van der Waals surface area (Å²) in [5.41, 5.74) is 0.875. The van der Waals surface area contributed by atoms with Crippen molar-refractivity contribution in [2.45, 2.75) is 38.6 Å². The second-order valence-corrected chi connectivity index (χ2v) is 8.54. The maximum atomic E-state index is 12.3. The summed E-state index contributed by atoms with van der Waals surface area (Å²) < 4.78 is 24.6. The van der Waals surface area contributed by atoms with E-state index in [1.807, 2.05) is 30.3 Å². The molecule has 0 bridgehead atoms. The van der Waals surface area contributed by atoms with E-state index in [0.717, 1.165) is 25.2 Å². The summed E-state index contributed by atoms with van der Waals surface area (Å²) in [6.07, 6.45) is 0. The Morgan fingerprint density at radius 3 is 2.27 bits per heavy atom. The molecule has 1 heterocycles. The highest BCUT2D eigenvalue weighted by Crippen LogP contribution is 2.15. The van der Waals surface area contributed by atoms with Crippen LogP contribution in [0.3, 0.4) is 0 Å². The third-order valence-corrected chi connectivity index (χ3v) is 6.15. The van der Waals surface area contributed by atoms with E-state index in [9.17, 15) is 8.42 Å². The van der Waals surface area contributed by atoms with E-state index in [1.165, 1.54) is 0 Å². The normalized spacial score (nSPS) is 24.5. The molecule has 0 aliphatic carbocycles. The van der Waals surface area contributed by atoms with Gasteiger partial charge in [0.1, 0.15) is 0 Å². The quantitative estimate of drug-likeness (QED) is 0.803. The standard InChI is InChI=1S/C17H28N2O2S/c1-4-18-12-16(3)19(13-15(18)2)10-11-22(20,21)14-17-8-6-5-7-9-17/h5-9,15-16H,4,10-14H2,1-3H3/t15-,16-/m1/s1. The zero-order valence-corrected chi connectivity index (χ0v) is 14.7. The zero-order chi connectivity index (χ0) is 16.2. The van der Waals surface area contributed by atoms with Crippen molar-refractivity contribution in [3.63, 3.8) is 0 Å². The van der Waals surface area contributed by atoms with Crippen LogP contribution >= 0.6 is 0 Å². The van der Waals surface area contributed by atoms with Crippen molar-refractivity contribution in [3.05, 3.63) is 35.9 Å². The summed E-state index contributed by atoms with van der Waals surface area (Å²) in [5.74, 6) is 0.387. The average Bonchev–Trinajstić information content (AvgIpc) is 2.48. The molecule has 2 atom stereocenters. The number of rotatable bonds is 6. The molecule has 5 heteroatoms. The van der Waals surface area contributed by atoms with Gasteiger partial charge < -0.3 is 0 Å².